The molecule has 4 N–H and O–H groups in total. The van der Waals surface area contributed by atoms with E-state index in [1.807, 2.05) is 7.05 Å². The quantitative estimate of drug-likeness (QED) is 0.214. The maximum absolute atomic E-state index is 12.4. The van der Waals surface area contributed by atoms with E-state index in [0.717, 1.165) is 6.42 Å². The van der Waals surface area contributed by atoms with Gasteiger partial charge in [-0.1, -0.05) is 6.92 Å². The Balaban J connectivity index is 0.000000389. The summed E-state index contributed by atoms with van der Waals surface area (Å²) < 4.78 is 6.79. The zero-order valence-corrected chi connectivity index (χ0v) is 24.1. The van der Waals surface area contributed by atoms with Crippen molar-refractivity contribution in [3.63, 3.8) is 0 Å². The molecular weight excluding hydrogens is 528 g/mol. The molecule has 0 unspecified atom stereocenters. The van der Waals surface area contributed by atoms with E-state index in [1.54, 1.807) is 42.7 Å². The van der Waals surface area contributed by atoms with Crippen molar-refractivity contribution in [3.05, 3.63) is 66.2 Å². The van der Waals surface area contributed by atoms with Crippen LogP contribution in [0.5, 0.6) is 0 Å². The topological polar surface area (TPSA) is 162 Å². The second-order valence-corrected chi connectivity index (χ2v) is 9.24. The summed E-state index contributed by atoms with van der Waals surface area (Å²) in [6.45, 7) is 2.26. The first-order valence-corrected chi connectivity index (χ1v) is 12.9. The molecule has 4 aromatic rings. The van der Waals surface area contributed by atoms with Crippen molar-refractivity contribution in [2.24, 2.45) is 28.2 Å². The average molecular weight is 565 g/mol. The Bertz CT molecular complexity index is 1520. The molecule has 14 nitrogen and oxygen atoms in total. The predicted molar refractivity (Wildman–Crippen MR) is 155 cm³/mol. The molecule has 0 aliphatic heterocycles. The van der Waals surface area contributed by atoms with Gasteiger partial charge in [0.05, 0.1) is 11.4 Å². The lowest BCUT2D eigenvalue weighted by Gasteiger charge is -2.06. The lowest BCUT2D eigenvalue weighted by atomic mass is 10.3. The van der Waals surface area contributed by atoms with Gasteiger partial charge < -0.3 is 39.5 Å². The van der Waals surface area contributed by atoms with Gasteiger partial charge in [0.15, 0.2) is 23.8 Å². The first-order chi connectivity index (χ1) is 19.6. The van der Waals surface area contributed by atoms with Crippen molar-refractivity contribution in [3.8, 4) is 0 Å². The molecule has 4 heterocycles. The van der Waals surface area contributed by atoms with Crippen molar-refractivity contribution in [2.45, 2.75) is 19.8 Å². The summed E-state index contributed by atoms with van der Waals surface area (Å²) in [5.41, 5.74) is 3.32. The monoisotopic (exact) mass is 564 g/mol. The largest absolute Gasteiger partial charge is 0.387 e. The molecule has 0 spiro atoms. The Morgan fingerprint density at radius 2 is 1.63 bits per heavy atom. The van der Waals surface area contributed by atoms with Crippen LogP contribution in [0.25, 0.3) is 0 Å². The molecular formula is C27H36N10O4. The maximum atomic E-state index is 12.4. The highest BCUT2D eigenvalue weighted by Gasteiger charge is 2.16. The number of anilines is 3. The van der Waals surface area contributed by atoms with Crippen LogP contribution >= 0.6 is 0 Å². The number of nitrogens with one attached hydrogen (secondary N) is 4. The third-order valence-electron chi connectivity index (χ3n) is 6.20. The van der Waals surface area contributed by atoms with Crippen LogP contribution in [-0.2, 0) is 39.4 Å². The number of carbonyl (C=O) groups is 4. The number of nitrogens with zero attached hydrogens (tertiary/aromatic N) is 6. The second-order valence-electron chi connectivity index (χ2n) is 9.24. The zero-order valence-electron chi connectivity index (χ0n) is 24.1. The number of amides is 3. The summed E-state index contributed by atoms with van der Waals surface area (Å²) in [5, 5.41) is 11.0. The maximum Gasteiger partial charge on any atom is 0.291 e. The fraction of sp³-hybridized carbons (Fsp3) is 0.333. The van der Waals surface area contributed by atoms with Gasteiger partial charge >= 0.3 is 0 Å². The van der Waals surface area contributed by atoms with E-state index in [2.05, 4.69) is 62.0 Å². The Hall–Kier alpha value is -5.14. The van der Waals surface area contributed by atoms with Gasteiger partial charge in [0.1, 0.15) is 5.69 Å². The van der Waals surface area contributed by atoms with Crippen LogP contribution in [-0.4, -0.2) is 65.8 Å². The molecule has 0 radical (unpaired) electrons. The van der Waals surface area contributed by atoms with Gasteiger partial charge in [-0.2, -0.15) is 0 Å². The highest BCUT2D eigenvalue weighted by atomic mass is 16.2. The minimum atomic E-state index is -0.395. The van der Waals surface area contributed by atoms with Gasteiger partial charge in [0.25, 0.3) is 11.8 Å². The summed E-state index contributed by atoms with van der Waals surface area (Å²) >= 11 is 0. The lowest BCUT2D eigenvalue weighted by molar-refractivity contribution is -0.116. The number of aldehydes is 1. The van der Waals surface area contributed by atoms with E-state index < -0.39 is 11.8 Å². The molecule has 41 heavy (non-hydrogen) atoms. The molecule has 218 valence electrons. The number of imidazole rings is 2. The number of carbonyl (C=O) groups excluding carboxylic acids is 4. The molecule has 0 aromatic carbocycles. The van der Waals surface area contributed by atoms with E-state index in [1.165, 1.54) is 34.4 Å². The van der Waals surface area contributed by atoms with Crippen molar-refractivity contribution in [1.82, 2.24) is 33.6 Å². The molecule has 14 heteroatoms. The average Bonchev–Trinajstić information content (AvgIpc) is 3.70. The van der Waals surface area contributed by atoms with Crippen LogP contribution in [0.1, 0.15) is 50.8 Å². The van der Waals surface area contributed by atoms with Gasteiger partial charge in [-0.25, -0.2) is 9.97 Å². The Kier molecular flexibility index (Phi) is 10.2. The second kappa shape index (κ2) is 13.8. The molecule has 4 aromatic heterocycles. The molecule has 0 fully saturated rings. The molecule has 0 bridgehead atoms. The number of aromatic nitrogens is 6. The van der Waals surface area contributed by atoms with Crippen LogP contribution in [0.2, 0.25) is 0 Å². The van der Waals surface area contributed by atoms with Crippen LogP contribution < -0.4 is 21.3 Å². The van der Waals surface area contributed by atoms with Gasteiger partial charge in [0.2, 0.25) is 5.91 Å². The smallest absolute Gasteiger partial charge is 0.291 e. The number of hydrogen-bond donors (Lipinski definition) is 4. The SMILES string of the molecule is CCc1cc(NC)cn1C.Cn1cc(NC(=O)c2nccn2C)cc1C(=O)NCCC(=O)Nc1cn(C)c(C=O)n1. The lowest BCUT2D eigenvalue weighted by Crippen LogP contribution is -2.29. The minimum Gasteiger partial charge on any atom is -0.387 e. The van der Waals surface area contributed by atoms with Crippen LogP contribution in [0.15, 0.2) is 43.1 Å². The van der Waals surface area contributed by atoms with Crippen LogP contribution in [0.3, 0.4) is 0 Å². The number of rotatable bonds is 10. The molecule has 3 amide bonds. The summed E-state index contributed by atoms with van der Waals surface area (Å²) in [4.78, 5) is 55.4. The van der Waals surface area contributed by atoms with Crippen molar-refractivity contribution in [2.75, 3.05) is 29.5 Å². The van der Waals surface area contributed by atoms with Gasteiger partial charge in [-0.3, -0.25) is 19.2 Å². The molecule has 0 aliphatic rings. The van der Waals surface area contributed by atoms with Gasteiger partial charge in [-0.15, -0.1) is 0 Å². The highest BCUT2D eigenvalue weighted by Crippen LogP contribution is 2.14. The third kappa shape index (κ3) is 7.94. The zero-order chi connectivity index (χ0) is 30.1. The minimum absolute atomic E-state index is 0.0198. The highest BCUT2D eigenvalue weighted by molar-refractivity contribution is 6.03. The van der Waals surface area contributed by atoms with Crippen LogP contribution in [0.4, 0.5) is 17.2 Å². The van der Waals surface area contributed by atoms with E-state index in [4.69, 9.17) is 0 Å². The molecule has 0 atom stereocenters. The van der Waals surface area contributed by atoms with E-state index in [9.17, 15) is 19.2 Å². The Morgan fingerprint density at radius 1 is 0.902 bits per heavy atom. The van der Waals surface area contributed by atoms with E-state index >= 15 is 0 Å². The number of hydrogen-bond acceptors (Lipinski definition) is 7. The fourth-order valence-corrected chi connectivity index (χ4v) is 3.96. The standard InChI is InChI=1S/C19H22N8O4.C8H14N2/c1-25-7-6-20-17(25)19(31)22-12-8-13(26(2)9-12)18(30)21-5-4-16(29)24-14-10-27(3)15(11-28)23-14;1-4-8-5-7(9-2)6-10(8)3/h6-11H,4-5H2,1-3H3,(H,21,30)(H,22,31)(H,24,29);5-6,9H,4H2,1-3H3. The number of aryl methyl sites for hydroxylation is 5. The summed E-state index contributed by atoms with van der Waals surface area (Å²) in [6, 6.07) is 3.70. The predicted octanol–water partition coefficient (Wildman–Crippen LogP) is 1.94. The molecule has 4 rings (SSSR count). The summed E-state index contributed by atoms with van der Waals surface area (Å²) in [7, 11) is 9.02. The Labute approximate surface area is 237 Å². The normalized spacial score (nSPS) is 10.4. The molecule has 0 saturated carbocycles. The van der Waals surface area contributed by atoms with Crippen molar-refractivity contribution in [1.29, 1.82) is 0 Å². The third-order valence-corrected chi connectivity index (χ3v) is 6.20. The first-order valence-electron chi connectivity index (χ1n) is 12.9. The van der Waals surface area contributed by atoms with Gasteiger partial charge in [0, 0.05) is 84.9 Å². The molecule has 0 saturated heterocycles. The van der Waals surface area contributed by atoms with Gasteiger partial charge in [-0.05, 0) is 18.6 Å². The summed E-state index contributed by atoms with van der Waals surface area (Å²) in [6.07, 6.45) is 10.1. The first kappa shape index (κ1) is 30.4. The fourth-order valence-electron chi connectivity index (χ4n) is 3.96. The van der Waals surface area contributed by atoms with Crippen LogP contribution in [0, 0.1) is 0 Å². The molecule has 0 aliphatic carbocycles. The van der Waals surface area contributed by atoms with E-state index in [0.29, 0.717) is 17.7 Å². The van der Waals surface area contributed by atoms with E-state index in [-0.39, 0.29) is 36.3 Å². The summed E-state index contributed by atoms with van der Waals surface area (Å²) in [5.74, 6) is -0.447. The Morgan fingerprint density at radius 3 is 2.20 bits per heavy atom. The van der Waals surface area contributed by atoms with Crippen molar-refractivity contribution < 1.29 is 19.2 Å². The van der Waals surface area contributed by atoms with Crippen molar-refractivity contribution >= 4 is 41.2 Å².